The minimum absolute atomic E-state index is 0.193. The number of nitrogens with one attached hydrogen (secondary N) is 1. The van der Waals surface area contributed by atoms with Crippen LogP contribution in [0.5, 0.6) is 0 Å². The Bertz CT molecular complexity index is 104. The van der Waals surface area contributed by atoms with Gasteiger partial charge in [0.05, 0.1) is 5.92 Å². The summed E-state index contributed by atoms with van der Waals surface area (Å²) in [5.41, 5.74) is 0. The standard InChI is InChI=1S/C4H7NO2S/c5-1-3(2-8)4(6)7/h1,3,5,8H,2H2,(H,6,7)/t3-/m0/s1. The van der Waals surface area contributed by atoms with E-state index in [4.69, 9.17) is 10.5 Å². The van der Waals surface area contributed by atoms with Crippen LogP contribution in [0.25, 0.3) is 0 Å². The van der Waals surface area contributed by atoms with Crippen molar-refractivity contribution < 1.29 is 9.90 Å². The van der Waals surface area contributed by atoms with E-state index in [2.05, 4.69) is 12.6 Å². The molecule has 0 aromatic heterocycles. The van der Waals surface area contributed by atoms with Gasteiger partial charge in [0.2, 0.25) is 0 Å². The van der Waals surface area contributed by atoms with Crippen molar-refractivity contribution in [1.29, 1.82) is 5.41 Å². The van der Waals surface area contributed by atoms with Crippen molar-refractivity contribution in [2.75, 3.05) is 5.75 Å². The Morgan fingerprint density at radius 2 is 2.50 bits per heavy atom. The number of hydrogen-bond acceptors (Lipinski definition) is 3. The van der Waals surface area contributed by atoms with Crippen LogP contribution in [0.1, 0.15) is 0 Å². The van der Waals surface area contributed by atoms with E-state index in [9.17, 15) is 4.79 Å². The average Bonchev–Trinajstić information content (AvgIpc) is 1.69. The van der Waals surface area contributed by atoms with Crippen LogP contribution in [0.2, 0.25) is 0 Å². The molecular weight excluding hydrogens is 126 g/mol. The fourth-order valence-electron chi connectivity index (χ4n) is 0.202. The lowest BCUT2D eigenvalue weighted by Crippen LogP contribution is -2.15. The van der Waals surface area contributed by atoms with E-state index < -0.39 is 11.9 Å². The largest absolute Gasteiger partial charge is 0.481 e. The Morgan fingerprint density at radius 1 is 2.00 bits per heavy atom. The Kier molecular flexibility index (Phi) is 3.26. The van der Waals surface area contributed by atoms with E-state index in [-0.39, 0.29) is 5.75 Å². The number of aliphatic carboxylic acids is 1. The molecule has 0 saturated heterocycles. The van der Waals surface area contributed by atoms with Gasteiger partial charge in [-0.1, -0.05) is 0 Å². The topological polar surface area (TPSA) is 61.2 Å². The molecule has 3 nitrogen and oxygen atoms in total. The average molecular weight is 133 g/mol. The number of hydrogen-bond donors (Lipinski definition) is 3. The van der Waals surface area contributed by atoms with Crippen LogP contribution in [0, 0.1) is 11.3 Å². The first kappa shape index (κ1) is 7.49. The van der Waals surface area contributed by atoms with Gasteiger partial charge in [0.1, 0.15) is 0 Å². The first-order valence-electron chi connectivity index (χ1n) is 2.06. The molecule has 1 atom stereocenters. The third-order valence-corrected chi connectivity index (χ3v) is 1.11. The van der Waals surface area contributed by atoms with Gasteiger partial charge in [0, 0.05) is 12.0 Å². The molecule has 0 amide bonds. The van der Waals surface area contributed by atoms with Gasteiger partial charge in [-0.2, -0.15) is 12.6 Å². The molecular formula is C4H7NO2S. The predicted octanol–water partition coefficient (Wildman–Crippen LogP) is 0.267. The Balaban J connectivity index is 3.69. The van der Waals surface area contributed by atoms with Gasteiger partial charge < -0.3 is 10.5 Å². The maximum absolute atomic E-state index is 9.96. The van der Waals surface area contributed by atoms with Crippen LogP contribution in [-0.4, -0.2) is 23.0 Å². The van der Waals surface area contributed by atoms with Crippen molar-refractivity contribution in [2.45, 2.75) is 0 Å². The van der Waals surface area contributed by atoms with Crippen molar-refractivity contribution in [3.8, 4) is 0 Å². The fourth-order valence-corrected chi connectivity index (χ4v) is 0.464. The van der Waals surface area contributed by atoms with Crippen molar-refractivity contribution >= 4 is 24.8 Å². The highest BCUT2D eigenvalue weighted by molar-refractivity contribution is 7.80. The fraction of sp³-hybridized carbons (Fsp3) is 0.500. The van der Waals surface area contributed by atoms with Gasteiger partial charge >= 0.3 is 5.97 Å². The summed E-state index contributed by atoms with van der Waals surface area (Å²) in [7, 11) is 0. The molecule has 0 aliphatic rings. The molecule has 46 valence electrons. The van der Waals surface area contributed by atoms with E-state index in [0.29, 0.717) is 0 Å². The molecule has 2 N–H and O–H groups in total. The molecule has 0 saturated carbocycles. The lowest BCUT2D eigenvalue weighted by Gasteiger charge is -1.96. The smallest absolute Gasteiger partial charge is 0.312 e. The highest BCUT2D eigenvalue weighted by Crippen LogP contribution is 1.93. The molecule has 0 heterocycles. The molecule has 0 fully saturated rings. The number of carboxylic acid groups (broad SMARTS) is 1. The quantitative estimate of drug-likeness (QED) is 0.382. The highest BCUT2D eigenvalue weighted by atomic mass is 32.1. The zero-order valence-corrected chi connectivity index (χ0v) is 5.06. The molecule has 0 aromatic rings. The van der Waals surface area contributed by atoms with Crippen molar-refractivity contribution in [2.24, 2.45) is 5.92 Å². The summed E-state index contributed by atoms with van der Waals surface area (Å²) < 4.78 is 0. The van der Waals surface area contributed by atoms with Crippen molar-refractivity contribution in [3.05, 3.63) is 0 Å². The second kappa shape index (κ2) is 3.49. The molecule has 0 bridgehead atoms. The van der Waals surface area contributed by atoms with Crippen LogP contribution >= 0.6 is 12.6 Å². The number of carboxylic acids is 1. The summed E-state index contributed by atoms with van der Waals surface area (Å²) in [5.74, 6) is -1.52. The first-order valence-corrected chi connectivity index (χ1v) is 2.70. The molecule has 8 heavy (non-hydrogen) atoms. The van der Waals surface area contributed by atoms with Crippen LogP contribution in [-0.2, 0) is 4.79 Å². The molecule has 0 unspecified atom stereocenters. The molecule has 0 radical (unpaired) electrons. The molecule has 0 aromatic carbocycles. The SMILES string of the molecule is N=C[C@@H](CS)C(=O)O. The number of carbonyl (C=O) groups is 1. The van der Waals surface area contributed by atoms with Crippen molar-refractivity contribution in [3.63, 3.8) is 0 Å². The van der Waals surface area contributed by atoms with Gasteiger partial charge in [0.25, 0.3) is 0 Å². The van der Waals surface area contributed by atoms with Gasteiger partial charge in [-0.3, -0.25) is 4.79 Å². The zero-order valence-electron chi connectivity index (χ0n) is 4.16. The molecule has 0 aliphatic heterocycles. The molecule has 4 heteroatoms. The Labute approximate surface area is 52.6 Å². The van der Waals surface area contributed by atoms with Crippen LogP contribution in [0.3, 0.4) is 0 Å². The maximum atomic E-state index is 9.96. The van der Waals surface area contributed by atoms with E-state index in [1.54, 1.807) is 0 Å². The van der Waals surface area contributed by atoms with Crippen LogP contribution < -0.4 is 0 Å². The summed E-state index contributed by atoms with van der Waals surface area (Å²) in [6.07, 6.45) is 0.870. The Hall–Kier alpha value is -0.510. The summed E-state index contributed by atoms with van der Waals surface area (Å²) in [6, 6.07) is 0. The predicted molar refractivity (Wildman–Crippen MR) is 33.8 cm³/mol. The van der Waals surface area contributed by atoms with Gasteiger partial charge in [0.15, 0.2) is 0 Å². The minimum Gasteiger partial charge on any atom is -0.481 e. The molecule has 0 rings (SSSR count). The van der Waals surface area contributed by atoms with Gasteiger partial charge in [-0.05, 0) is 0 Å². The van der Waals surface area contributed by atoms with Gasteiger partial charge in [-0.15, -0.1) is 0 Å². The zero-order chi connectivity index (χ0) is 6.57. The normalized spacial score (nSPS) is 12.6. The summed E-state index contributed by atoms with van der Waals surface area (Å²) in [4.78, 5) is 9.96. The van der Waals surface area contributed by atoms with E-state index >= 15 is 0 Å². The summed E-state index contributed by atoms with van der Waals surface area (Å²) in [6.45, 7) is 0. The Morgan fingerprint density at radius 3 is 2.50 bits per heavy atom. The number of thiol groups is 1. The second-order valence-corrected chi connectivity index (χ2v) is 1.66. The van der Waals surface area contributed by atoms with E-state index in [1.807, 2.05) is 0 Å². The monoisotopic (exact) mass is 133 g/mol. The molecule has 0 aliphatic carbocycles. The molecule has 0 spiro atoms. The maximum Gasteiger partial charge on any atom is 0.312 e. The van der Waals surface area contributed by atoms with E-state index in [1.165, 1.54) is 0 Å². The van der Waals surface area contributed by atoms with Gasteiger partial charge in [-0.25, -0.2) is 0 Å². The first-order chi connectivity index (χ1) is 3.72. The third-order valence-electron chi connectivity index (χ3n) is 0.715. The minimum atomic E-state index is -0.991. The van der Waals surface area contributed by atoms with E-state index in [0.717, 1.165) is 6.21 Å². The lowest BCUT2D eigenvalue weighted by atomic mass is 10.2. The third kappa shape index (κ3) is 1.97. The highest BCUT2D eigenvalue weighted by Gasteiger charge is 2.09. The summed E-state index contributed by atoms with van der Waals surface area (Å²) >= 11 is 3.70. The second-order valence-electron chi connectivity index (χ2n) is 1.29. The summed E-state index contributed by atoms with van der Waals surface area (Å²) in [5, 5.41) is 14.7. The number of rotatable bonds is 3. The van der Waals surface area contributed by atoms with Crippen LogP contribution in [0.15, 0.2) is 0 Å². The van der Waals surface area contributed by atoms with Crippen molar-refractivity contribution in [1.82, 2.24) is 0 Å². The lowest BCUT2D eigenvalue weighted by molar-refractivity contribution is -0.138. The van der Waals surface area contributed by atoms with Crippen LogP contribution in [0.4, 0.5) is 0 Å².